The van der Waals surface area contributed by atoms with E-state index < -0.39 is 38.1 Å². The molecule has 214 valence electrons. The lowest BCUT2D eigenvalue weighted by molar-refractivity contribution is -0.140. The molecule has 8 nitrogen and oxygen atoms in total. The van der Waals surface area contributed by atoms with Gasteiger partial charge in [-0.1, -0.05) is 117 Å². The van der Waals surface area contributed by atoms with Gasteiger partial charge in [0.15, 0.2) is 0 Å². The smallest absolute Gasteiger partial charge is 0.394 e. The van der Waals surface area contributed by atoms with E-state index in [0.717, 1.165) is 38.5 Å². The summed E-state index contributed by atoms with van der Waals surface area (Å²) in [4.78, 5) is 24.5. The van der Waals surface area contributed by atoms with Crippen LogP contribution >= 0.6 is 7.60 Å². The predicted octanol–water partition coefficient (Wildman–Crippen LogP) is 6.78. The number of carbonyl (C=O) groups is 2. The fraction of sp³-hybridized carbons (Fsp3) is 0.926. The Kier molecular flexibility index (Phi) is 22.6. The summed E-state index contributed by atoms with van der Waals surface area (Å²) in [6, 6.07) is 0. The van der Waals surface area contributed by atoms with Crippen molar-refractivity contribution < 1.29 is 38.5 Å². The fourth-order valence-corrected chi connectivity index (χ4v) is 5.49. The van der Waals surface area contributed by atoms with Crippen LogP contribution < -0.4 is 0 Å². The lowest BCUT2D eigenvalue weighted by atomic mass is 10.1. The van der Waals surface area contributed by atoms with E-state index >= 15 is 0 Å². The van der Waals surface area contributed by atoms with Crippen molar-refractivity contribution in [1.82, 2.24) is 0 Å². The van der Waals surface area contributed by atoms with Crippen molar-refractivity contribution in [3.05, 3.63) is 0 Å². The third-order valence-corrected chi connectivity index (χ3v) is 8.19. The predicted molar refractivity (Wildman–Crippen MR) is 143 cm³/mol. The van der Waals surface area contributed by atoms with Gasteiger partial charge in [-0.15, -0.1) is 0 Å². The number of unbranched alkanes of at least 4 members (excludes halogenated alkanes) is 16. The maximum atomic E-state index is 13.0. The van der Waals surface area contributed by atoms with Crippen molar-refractivity contribution in [2.75, 3.05) is 6.61 Å². The summed E-state index contributed by atoms with van der Waals surface area (Å²) in [5.41, 5.74) is 0. The molecular weight excluding hydrogens is 483 g/mol. The molecule has 36 heavy (non-hydrogen) atoms. The van der Waals surface area contributed by atoms with Crippen molar-refractivity contribution in [3.63, 3.8) is 0 Å². The highest BCUT2D eigenvalue weighted by Crippen LogP contribution is 2.54. The topological polar surface area (TPSA) is 130 Å². The lowest BCUT2D eigenvalue weighted by Gasteiger charge is -2.24. The second kappa shape index (κ2) is 23.2. The van der Waals surface area contributed by atoms with Crippen molar-refractivity contribution in [3.8, 4) is 0 Å². The Morgan fingerprint density at radius 3 is 1.22 bits per heavy atom. The number of carbonyl (C=O) groups excluding carboxylic acids is 2. The summed E-state index contributed by atoms with van der Waals surface area (Å²) in [6.07, 6.45) is 17.1. The van der Waals surface area contributed by atoms with Gasteiger partial charge in [-0.2, -0.15) is 0 Å². The van der Waals surface area contributed by atoms with Crippen molar-refractivity contribution in [1.29, 1.82) is 0 Å². The Morgan fingerprint density at radius 1 is 0.611 bits per heavy atom. The second-order valence-electron chi connectivity index (χ2n) is 9.79. The average molecular weight is 537 g/mol. The molecule has 0 aliphatic carbocycles. The lowest BCUT2D eigenvalue weighted by Crippen LogP contribution is -2.32. The number of aliphatic hydroxyl groups excluding tert-OH is 3. The van der Waals surface area contributed by atoms with Gasteiger partial charge < -0.3 is 24.4 Å². The normalized spacial score (nSPS) is 13.4. The monoisotopic (exact) mass is 536 g/mol. The first-order valence-electron chi connectivity index (χ1n) is 14.3. The van der Waals surface area contributed by atoms with Gasteiger partial charge in [0.2, 0.25) is 5.85 Å². The van der Waals surface area contributed by atoms with Crippen molar-refractivity contribution in [2.45, 2.75) is 154 Å². The third-order valence-electron chi connectivity index (χ3n) is 6.28. The molecule has 0 fully saturated rings. The van der Waals surface area contributed by atoms with Crippen LogP contribution in [-0.4, -0.2) is 45.8 Å². The highest BCUT2D eigenvalue weighted by molar-refractivity contribution is 7.55. The molecule has 0 aromatic carbocycles. The van der Waals surface area contributed by atoms with Crippen LogP contribution in [0, 0.1) is 0 Å². The van der Waals surface area contributed by atoms with Gasteiger partial charge in [0.05, 0.1) is 6.61 Å². The molecule has 0 saturated carbocycles. The fourth-order valence-electron chi connectivity index (χ4n) is 3.97. The van der Waals surface area contributed by atoms with E-state index in [9.17, 15) is 24.4 Å². The molecule has 0 bridgehead atoms. The molecule has 0 amide bonds. The number of hydrogen-bond donors (Lipinski definition) is 3. The average Bonchev–Trinajstić information content (AvgIpc) is 2.85. The minimum absolute atomic E-state index is 0.0302. The highest BCUT2D eigenvalue weighted by Gasteiger charge is 2.45. The van der Waals surface area contributed by atoms with E-state index in [1.54, 1.807) is 0 Å². The minimum atomic E-state index is -4.70. The summed E-state index contributed by atoms with van der Waals surface area (Å²) in [5.74, 6) is -3.91. The minimum Gasteiger partial charge on any atom is -0.394 e. The molecule has 2 atom stereocenters. The zero-order valence-electron chi connectivity index (χ0n) is 22.8. The molecule has 0 saturated heterocycles. The molecule has 0 aliphatic heterocycles. The molecule has 0 aliphatic rings. The summed E-state index contributed by atoms with van der Waals surface area (Å²) >= 11 is 0. The Bertz CT molecular complexity index is 558. The van der Waals surface area contributed by atoms with Crippen LogP contribution in [0.2, 0.25) is 0 Å². The molecule has 0 spiro atoms. The first-order valence-corrected chi connectivity index (χ1v) is 15.9. The summed E-state index contributed by atoms with van der Waals surface area (Å²) in [5, 5.41) is 29.0. The van der Waals surface area contributed by atoms with Crippen LogP contribution in [0.4, 0.5) is 0 Å². The van der Waals surface area contributed by atoms with E-state index in [-0.39, 0.29) is 12.8 Å². The first kappa shape index (κ1) is 35.0. The van der Waals surface area contributed by atoms with E-state index in [2.05, 4.69) is 13.8 Å². The zero-order valence-corrected chi connectivity index (χ0v) is 23.7. The van der Waals surface area contributed by atoms with Crippen LogP contribution in [0.3, 0.4) is 0 Å². The van der Waals surface area contributed by atoms with Gasteiger partial charge in [0.1, 0.15) is 6.10 Å². The maximum absolute atomic E-state index is 13.0. The van der Waals surface area contributed by atoms with Gasteiger partial charge in [-0.05, 0) is 12.8 Å². The summed E-state index contributed by atoms with van der Waals surface area (Å²) < 4.78 is 22.9. The zero-order chi connectivity index (χ0) is 27.1. The maximum Gasteiger partial charge on any atom is 0.466 e. The Labute approximate surface area is 219 Å². The molecule has 2 unspecified atom stereocenters. The number of hydrogen-bond acceptors (Lipinski definition) is 8. The molecule has 3 N–H and O–H groups in total. The number of aliphatic hydroxyl groups is 3. The van der Waals surface area contributed by atoms with Gasteiger partial charge in [-0.3, -0.25) is 9.59 Å². The molecular formula is C27H53O8P. The van der Waals surface area contributed by atoms with Gasteiger partial charge in [0.25, 0.3) is 0 Å². The SMILES string of the molecule is CCCCCCCCCCCC(=O)OP(=O)(OC(=O)CCCCCCCCCCC)C(O)C(O)CO. The largest absolute Gasteiger partial charge is 0.466 e. The Hall–Kier alpha value is -0.950. The van der Waals surface area contributed by atoms with Crippen LogP contribution in [-0.2, 0) is 23.2 Å². The summed E-state index contributed by atoms with van der Waals surface area (Å²) in [7, 11) is -4.70. The highest BCUT2D eigenvalue weighted by atomic mass is 31.2. The molecule has 9 heteroatoms. The molecule has 0 radical (unpaired) electrons. The van der Waals surface area contributed by atoms with E-state index in [0.29, 0.717) is 12.8 Å². The van der Waals surface area contributed by atoms with Crippen LogP contribution in [0.15, 0.2) is 0 Å². The quantitative estimate of drug-likeness (QED) is 0.0860. The Balaban J connectivity index is 4.41. The van der Waals surface area contributed by atoms with Gasteiger partial charge in [0, 0.05) is 12.8 Å². The third kappa shape index (κ3) is 18.3. The van der Waals surface area contributed by atoms with Gasteiger partial charge in [-0.25, -0.2) is 4.57 Å². The van der Waals surface area contributed by atoms with Crippen molar-refractivity contribution >= 4 is 19.5 Å². The van der Waals surface area contributed by atoms with Crippen LogP contribution in [0.1, 0.15) is 142 Å². The molecule has 0 aromatic rings. The first-order chi connectivity index (χ1) is 17.3. The molecule has 0 rings (SSSR count). The van der Waals surface area contributed by atoms with E-state index in [1.165, 1.54) is 64.2 Å². The second-order valence-corrected chi connectivity index (χ2v) is 11.8. The molecule has 0 heterocycles. The van der Waals surface area contributed by atoms with Crippen LogP contribution in [0.5, 0.6) is 0 Å². The van der Waals surface area contributed by atoms with E-state index in [1.807, 2.05) is 0 Å². The standard InChI is InChI=1S/C27H53O8P/c1-3-5-7-9-11-13-15-17-19-21-25(30)34-36(33,27(32)24(29)23-28)35-26(31)22-20-18-16-14-12-10-8-6-4-2/h24,27-29,32H,3-23H2,1-2H3. The summed E-state index contributed by atoms with van der Waals surface area (Å²) in [6.45, 7) is 3.44. The van der Waals surface area contributed by atoms with Crippen LogP contribution in [0.25, 0.3) is 0 Å². The Morgan fingerprint density at radius 2 is 0.917 bits per heavy atom. The number of rotatable bonds is 25. The van der Waals surface area contributed by atoms with E-state index in [4.69, 9.17) is 14.2 Å². The van der Waals surface area contributed by atoms with Crippen molar-refractivity contribution in [2.24, 2.45) is 0 Å². The van der Waals surface area contributed by atoms with Gasteiger partial charge >= 0.3 is 19.5 Å². The molecule has 0 aromatic heterocycles.